The van der Waals surface area contributed by atoms with Crippen LogP contribution >= 0.6 is 11.3 Å². The number of aromatic nitrogens is 3. The van der Waals surface area contributed by atoms with Crippen LogP contribution in [0.5, 0.6) is 0 Å². The number of piperidine rings is 1. The van der Waals surface area contributed by atoms with Crippen LogP contribution in [-0.2, 0) is 0 Å². The molecule has 4 heterocycles. The maximum atomic E-state index is 12.6. The monoisotopic (exact) mass is 288 g/mol. The van der Waals surface area contributed by atoms with Gasteiger partial charge in [-0.2, -0.15) is 15.0 Å². The van der Waals surface area contributed by atoms with E-state index in [4.69, 9.17) is 0 Å². The van der Waals surface area contributed by atoms with Gasteiger partial charge >= 0.3 is 0 Å². The van der Waals surface area contributed by atoms with E-state index in [2.05, 4.69) is 15.1 Å². The van der Waals surface area contributed by atoms with Crippen molar-refractivity contribution in [2.24, 2.45) is 0 Å². The molecule has 0 radical (unpaired) electrons. The third-order valence-corrected chi connectivity index (χ3v) is 5.30. The Morgan fingerprint density at radius 2 is 1.85 bits per heavy atom. The van der Waals surface area contributed by atoms with E-state index in [9.17, 15) is 4.79 Å². The Morgan fingerprint density at radius 1 is 1.15 bits per heavy atom. The number of amides is 1. The first-order valence-electron chi connectivity index (χ1n) is 7.05. The highest BCUT2D eigenvalue weighted by molar-refractivity contribution is 7.12. The number of rotatable bonds is 2. The lowest BCUT2D eigenvalue weighted by atomic mass is 9.97. The molecule has 2 aromatic heterocycles. The van der Waals surface area contributed by atoms with Gasteiger partial charge in [0.25, 0.3) is 5.91 Å². The Morgan fingerprint density at radius 3 is 2.45 bits per heavy atom. The summed E-state index contributed by atoms with van der Waals surface area (Å²) >= 11 is 1.53. The largest absolute Gasteiger partial charge is 0.332 e. The normalized spacial score (nSPS) is 28.8. The molecule has 104 valence electrons. The van der Waals surface area contributed by atoms with E-state index in [1.54, 1.807) is 12.4 Å². The number of hydrogen-bond acceptors (Lipinski definition) is 4. The average molecular weight is 288 g/mol. The summed E-state index contributed by atoms with van der Waals surface area (Å²) in [6.07, 6.45) is 7.62. The SMILES string of the molecule is O=C(c1cccs1)N1[C@H]2CC[C@H]1CC(n1nccn1)C2. The number of carbonyl (C=O) groups excluding carboxylic acids is 1. The van der Waals surface area contributed by atoms with Crippen molar-refractivity contribution in [3.63, 3.8) is 0 Å². The third kappa shape index (κ3) is 1.86. The molecule has 0 N–H and O–H groups in total. The fraction of sp³-hybridized carbons (Fsp3) is 0.500. The molecule has 4 rings (SSSR count). The molecule has 2 fully saturated rings. The molecule has 0 unspecified atom stereocenters. The van der Waals surface area contributed by atoms with Crippen LogP contribution in [0.1, 0.15) is 41.4 Å². The van der Waals surface area contributed by atoms with Gasteiger partial charge in [-0.3, -0.25) is 4.79 Å². The van der Waals surface area contributed by atoms with Crippen LogP contribution < -0.4 is 0 Å². The minimum absolute atomic E-state index is 0.208. The summed E-state index contributed by atoms with van der Waals surface area (Å²) in [4.78, 5) is 17.4. The predicted molar refractivity (Wildman–Crippen MR) is 75.6 cm³/mol. The topological polar surface area (TPSA) is 51.0 Å². The van der Waals surface area contributed by atoms with Gasteiger partial charge in [0.15, 0.2) is 0 Å². The van der Waals surface area contributed by atoms with Crippen molar-refractivity contribution in [2.45, 2.75) is 43.8 Å². The molecule has 2 aliphatic heterocycles. The number of hydrogen-bond donors (Lipinski definition) is 0. The van der Waals surface area contributed by atoms with Crippen LogP contribution in [0.25, 0.3) is 0 Å². The van der Waals surface area contributed by atoms with Gasteiger partial charge in [0.05, 0.1) is 23.3 Å². The van der Waals surface area contributed by atoms with Gasteiger partial charge in [-0.25, -0.2) is 0 Å². The first-order chi connectivity index (χ1) is 9.83. The van der Waals surface area contributed by atoms with Crippen molar-refractivity contribution in [3.05, 3.63) is 34.8 Å². The zero-order valence-electron chi connectivity index (χ0n) is 11.1. The van der Waals surface area contributed by atoms with Crippen LogP contribution in [0.2, 0.25) is 0 Å². The number of nitrogens with zero attached hydrogens (tertiary/aromatic N) is 4. The second-order valence-corrected chi connectivity index (χ2v) is 6.50. The van der Waals surface area contributed by atoms with Crippen molar-refractivity contribution < 1.29 is 4.79 Å². The summed E-state index contributed by atoms with van der Waals surface area (Å²) in [7, 11) is 0. The van der Waals surface area contributed by atoms with E-state index in [1.807, 2.05) is 22.3 Å². The van der Waals surface area contributed by atoms with E-state index in [-0.39, 0.29) is 5.91 Å². The smallest absolute Gasteiger partial charge is 0.264 e. The Hall–Kier alpha value is -1.69. The van der Waals surface area contributed by atoms with Crippen LogP contribution in [0.3, 0.4) is 0 Å². The van der Waals surface area contributed by atoms with Crippen molar-refractivity contribution in [1.29, 1.82) is 0 Å². The zero-order valence-corrected chi connectivity index (χ0v) is 11.9. The van der Waals surface area contributed by atoms with Gasteiger partial charge < -0.3 is 4.90 Å². The molecule has 2 aliphatic rings. The molecule has 5 nitrogen and oxygen atoms in total. The maximum absolute atomic E-state index is 12.6. The van der Waals surface area contributed by atoms with Crippen LogP contribution in [0.4, 0.5) is 0 Å². The molecule has 1 amide bonds. The van der Waals surface area contributed by atoms with E-state index in [0.29, 0.717) is 18.1 Å². The quantitative estimate of drug-likeness (QED) is 0.852. The fourth-order valence-electron chi connectivity index (χ4n) is 3.61. The Kier molecular flexibility index (Phi) is 2.84. The second kappa shape index (κ2) is 4.70. The highest BCUT2D eigenvalue weighted by atomic mass is 32.1. The molecule has 0 saturated carbocycles. The minimum Gasteiger partial charge on any atom is -0.332 e. The first-order valence-corrected chi connectivity index (χ1v) is 7.93. The predicted octanol–water partition coefficient (Wildman–Crippen LogP) is 2.35. The number of fused-ring (bicyclic) bond motifs is 2. The first kappa shape index (κ1) is 12.1. The van der Waals surface area contributed by atoms with Gasteiger partial charge in [-0.05, 0) is 37.1 Å². The Balaban J connectivity index is 1.56. The van der Waals surface area contributed by atoms with Gasteiger partial charge in [0.2, 0.25) is 0 Å². The second-order valence-electron chi connectivity index (χ2n) is 5.55. The summed E-state index contributed by atoms with van der Waals surface area (Å²) in [5.74, 6) is 0.208. The standard InChI is InChI=1S/C14H16N4OS/c19-14(13-2-1-7-20-13)17-10-3-4-11(17)9-12(8-10)18-15-5-6-16-18/h1-2,5-7,10-12H,3-4,8-9H2/t10-,11-/m0/s1. The van der Waals surface area contributed by atoms with Crippen LogP contribution in [-0.4, -0.2) is 37.9 Å². The minimum atomic E-state index is 0.208. The number of carbonyl (C=O) groups is 1. The van der Waals surface area contributed by atoms with Crippen molar-refractivity contribution >= 4 is 17.2 Å². The van der Waals surface area contributed by atoms with Crippen molar-refractivity contribution in [3.8, 4) is 0 Å². The Labute approximate surface area is 121 Å². The van der Waals surface area contributed by atoms with Crippen molar-refractivity contribution in [1.82, 2.24) is 19.9 Å². The third-order valence-electron chi connectivity index (χ3n) is 4.44. The van der Waals surface area contributed by atoms with E-state index in [1.165, 1.54) is 11.3 Å². The number of thiophene rings is 1. The summed E-state index contributed by atoms with van der Waals surface area (Å²) < 4.78 is 0. The highest BCUT2D eigenvalue weighted by Crippen LogP contribution is 2.41. The lowest BCUT2D eigenvalue weighted by Crippen LogP contribution is -2.47. The fourth-order valence-corrected chi connectivity index (χ4v) is 4.28. The summed E-state index contributed by atoms with van der Waals surface area (Å²) in [6.45, 7) is 0. The molecular weight excluding hydrogens is 272 g/mol. The lowest BCUT2D eigenvalue weighted by molar-refractivity contribution is 0.0517. The van der Waals surface area contributed by atoms with Crippen LogP contribution in [0.15, 0.2) is 29.9 Å². The summed E-state index contributed by atoms with van der Waals surface area (Å²) in [6, 6.07) is 4.90. The van der Waals surface area contributed by atoms with Gasteiger partial charge in [-0.15, -0.1) is 11.3 Å². The van der Waals surface area contributed by atoms with Crippen molar-refractivity contribution in [2.75, 3.05) is 0 Å². The molecule has 6 heteroatoms. The van der Waals surface area contributed by atoms with Gasteiger partial charge in [-0.1, -0.05) is 6.07 Å². The molecule has 2 aromatic rings. The average Bonchev–Trinajstić information content (AvgIpc) is 3.18. The van der Waals surface area contributed by atoms with E-state index >= 15 is 0 Å². The molecular formula is C14H16N4OS. The Bertz CT molecular complexity index is 581. The molecule has 2 bridgehead atoms. The molecule has 2 atom stereocenters. The molecule has 20 heavy (non-hydrogen) atoms. The lowest BCUT2D eigenvalue weighted by Gasteiger charge is -2.38. The maximum Gasteiger partial charge on any atom is 0.264 e. The summed E-state index contributed by atoms with van der Waals surface area (Å²) in [5.41, 5.74) is 0. The zero-order chi connectivity index (χ0) is 13.5. The van der Waals surface area contributed by atoms with Crippen LogP contribution in [0, 0.1) is 0 Å². The molecule has 0 aliphatic carbocycles. The summed E-state index contributed by atoms with van der Waals surface area (Å²) in [5, 5.41) is 10.5. The highest BCUT2D eigenvalue weighted by Gasteiger charge is 2.44. The molecule has 0 aromatic carbocycles. The molecule has 0 spiro atoms. The van der Waals surface area contributed by atoms with Gasteiger partial charge in [0, 0.05) is 12.1 Å². The van der Waals surface area contributed by atoms with Gasteiger partial charge in [0.1, 0.15) is 0 Å². The van der Waals surface area contributed by atoms with E-state index in [0.717, 1.165) is 30.6 Å². The van der Waals surface area contributed by atoms with E-state index < -0.39 is 0 Å². The molecule has 2 saturated heterocycles.